The molecule has 1 nitrogen and oxygen atoms in total. The summed E-state index contributed by atoms with van der Waals surface area (Å²) in [5.74, 6) is 0. The van der Waals surface area contributed by atoms with E-state index in [0.29, 0.717) is 0 Å². The lowest BCUT2D eigenvalue weighted by Gasteiger charge is -2.30. The van der Waals surface area contributed by atoms with Crippen LogP contribution in [-0.4, -0.2) is 0 Å². The van der Waals surface area contributed by atoms with E-state index in [1.807, 2.05) is 0 Å². The van der Waals surface area contributed by atoms with Gasteiger partial charge in [-0.15, -0.1) is 0 Å². The van der Waals surface area contributed by atoms with Crippen molar-refractivity contribution in [3.8, 4) is 55.6 Å². The maximum absolute atomic E-state index is 2.43. The van der Waals surface area contributed by atoms with Crippen LogP contribution < -0.4 is 4.90 Å². The second kappa shape index (κ2) is 13.4. The molecule has 0 atom stereocenters. The third kappa shape index (κ3) is 4.94. The van der Waals surface area contributed by atoms with Crippen LogP contribution in [0, 0.1) is 0 Å². The number of anilines is 3. The average Bonchev–Trinajstić information content (AvgIpc) is 3.90. The molecule has 0 bridgehead atoms. The Hall–Kier alpha value is -7.74. The van der Waals surface area contributed by atoms with Gasteiger partial charge in [0.05, 0.1) is 5.41 Å². The summed E-state index contributed by atoms with van der Waals surface area (Å²) in [6.45, 7) is 4.72. The normalized spacial score (nSPS) is 14.1. The zero-order chi connectivity index (χ0) is 41.9. The van der Waals surface area contributed by atoms with E-state index in [-0.39, 0.29) is 5.41 Å². The minimum Gasteiger partial charge on any atom is -0.310 e. The third-order valence-corrected chi connectivity index (χ3v) is 14.5. The molecular formula is C62H43N. The van der Waals surface area contributed by atoms with Crippen molar-refractivity contribution in [1.29, 1.82) is 0 Å². The highest BCUT2D eigenvalue weighted by Gasteiger charge is 2.52. The highest BCUT2D eigenvalue weighted by atomic mass is 15.1. The molecule has 0 aromatic heterocycles. The van der Waals surface area contributed by atoms with Crippen molar-refractivity contribution in [3.63, 3.8) is 0 Å². The second-order valence-corrected chi connectivity index (χ2v) is 17.9. The van der Waals surface area contributed by atoms with E-state index < -0.39 is 5.41 Å². The topological polar surface area (TPSA) is 3.24 Å². The number of hydrogen-bond acceptors (Lipinski definition) is 1. The lowest BCUT2D eigenvalue weighted by atomic mass is 9.70. The summed E-state index contributed by atoms with van der Waals surface area (Å²) in [6, 6.07) is 84.0. The summed E-state index contributed by atoms with van der Waals surface area (Å²) in [5.41, 5.74) is 23.9. The number of rotatable bonds is 5. The van der Waals surface area contributed by atoms with Crippen LogP contribution in [0.2, 0.25) is 0 Å². The summed E-state index contributed by atoms with van der Waals surface area (Å²) >= 11 is 0. The molecule has 3 aliphatic rings. The number of fused-ring (bicyclic) bond motifs is 14. The Balaban J connectivity index is 1.04. The fourth-order valence-electron chi connectivity index (χ4n) is 11.8. The summed E-state index contributed by atoms with van der Waals surface area (Å²) < 4.78 is 0. The van der Waals surface area contributed by atoms with E-state index in [1.165, 1.54) is 99.8 Å². The number of hydrogen-bond donors (Lipinski definition) is 0. The average molecular weight is 802 g/mol. The quantitative estimate of drug-likeness (QED) is 0.168. The van der Waals surface area contributed by atoms with Gasteiger partial charge in [-0.05, 0) is 136 Å². The van der Waals surface area contributed by atoms with Gasteiger partial charge in [-0.1, -0.05) is 202 Å². The molecule has 1 spiro atoms. The molecule has 63 heavy (non-hydrogen) atoms. The Morgan fingerprint density at radius 1 is 0.302 bits per heavy atom. The molecule has 0 heterocycles. The van der Waals surface area contributed by atoms with Crippen LogP contribution in [0.25, 0.3) is 66.4 Å². The van der Waals surface area contributed by atoms with Crippen molar-refractivity contribution in [3.05, 3.63) is 258 Å². The van der Waals surface area contributed by atoms with Gasteiger partial charge in [0.1, 0.15) is 0 Å². The summed E-state index contributed by atoms with van der Waals surface area (Å²) in [5, 5.41) is 2.48. The first-order chi connectivity index (χ1) is 31.0. The van der Waals surface area contributed by atoms with Gasteiger partial charge in [0.25, 0.3) is 0 Å². The van der Waals surface area contributed by atoms with Crippen LogP contribution in [0.4, 0.5) is 17.1 Å². The SMILES string of the molecule is CC1(C)c2ccccc2-c2ccc(N(c3ccccc3)c3cccc(-c4ccc5ccccc5c4-c4cccc5c4-c4ccccc4C54c5ccccc5-c5ccccc54)c3)cc21. The molecular weight excluding hydrogens is 759 g/mol. The zero-order valence-electron chi connectivity index (χ0n) is 35.3. The van der Waals surface area contributed by atoms with Gasteiger partial charge in [-0.3, -0.25) is 0 Å². The molecule has 0 radical (unpaired) electrons. The monoisotopic (exact) mass is 801 g/mol. The Bertz CT molecular complexity index is 3450. The Morgan fingerprint density at radius 2 is 0.810 bits per heavy atom. The Labute approximate surface area is 369 Å². The van der Waals surface area contributed by atoms with E-state index in [2.05, 4.69) is 243 Å². The molecule has 3 aliphatic carbocycles. The largest absolute Gasteiger partial charge is 0.310 e. The molecule has 296 valence electrons. The molecule has 0 fully saturated rings. The molecule has 0 N–H and O–H groups in total. The maximum atomic E-state index is 2.43. The van der Waals surface area contributed by atoms with Gasteiger partial charge >= 0.3 is 0 Å². The molecule has 10 aromatic carbocycles. The van der Waals surface area contributed by atoms with Gasteiger partial charge in [0.15, 0.2) is 0 Å². The maximum Gasteiger partial charge on any atom is 0.0725 e. The van der Waals surface area contributed by atoms with Crippen LogP contribution >= 0.6 is 0 Å². The predicted molar refractivity (Wildman–Crippen MR) is 263 cm³/mol. The molecule has 0 unspecified atom stereocenters. The van der Waals surface area contributed by atoms with Gasteiger partial charge in [0, 0.05) is 22.5 Å². The smallest absolute Gasteiger partial charge is 0.0725 e. The first-order valence-corrected chi connectivity index (χ1v) is 22.2. The van der Waals surface area contributed by atoms with Crippen molar-refractivity contribution >= 4 is 27.8 Å². The third-order valence-electron chi connectivity index (χ3n) is 14.5. The lowest BCUT2D eigenvalue weighted by Crippen LogP contribution is -2.25. The number of nitrogens with zero attached hydrogens (tertiary/aromatic N) is 1. The summed E-state index contributed by atoms with van der Waals surface area (Å²) in [6.07, 6.45) is 0. The predicted octanol–water partition coefficient (Wildman–Crippen LogP) is 16.3. The minimum atomic E-state index is -0.415. The molecule has 1 heteroatoms. The molecule has 10 aromatic rings. The Morgan fingerprint density at radius 3 is 1.56 bits per heavy atom. The van der Waals surface area contributed by atoms with Gasteiger partial charge in [-0.2, -0.15) is 0 Å². The highest BCUT2D eigenvalue weighted by Crippen LogP contribution is 2.64. The summed E-state index contributed by atoms with van der Waals surface area (Å²) in [7, 11) is 0. The lowest BCUT2D eigenvalue weighted by molar-refractivity contribution is 0.660. The first kappa shape index (κ1) is 36.0. The van der Waals surface area contributed by atoms with Gasteiger partial charge in [0.2, 0.25) is 0 Å². The van der Waals surface area contributed by atoms with Gasteiger partial charge < -0.3 is 4.90 Å². The van der Waals surface area contributed by atoms with E-state index in [4.69, 9.17) is 0 Å². The van der Waals surface area contributed by atoms with E-state index >= 15 is 0 Å². The molecule has 0 saturated heterocycles. The highest BCUT2D eigenvalue weighted by molar-refractivity contribution is 6.10. The number of benzene rings is 10. The van der Waals surface area contributed by atoms with Crippen LogP contribution in [0.5, 0.6) is 0 Å². The van der Waals surface area contributed by atoms with Crippen molar-refractivity contribution in [1.82, 2.24) is 0 Å². The minimum absolute atomic E-state index is 0.109. The van der Waals surface area contributed by atoms with Crippen LogP contribution in [0.1, 0.15) is 47.2 Å². The van der Waals surface area contributed by atoms with Crippen molar-refractivity contribution < 1.29 is 0 Å². The fraction of sp³-hybridized carbons (Fsp3) is 0.0645. The van der Waals surface area contributed by atoms with Crippen molar-refractivity contribution in [2.45, 2.75) is 24.7 Å². The van der Waals surface area contributed by atoms with E-state index in [1.54, 1.807) is 0 Å². The second-order valence-electron chi connectivity index (χ2n) is 17.9. The molecule has 0 amide bonds. The van der Waals surface area contributed by atoms with Crippen LogP contribution in [0.15, 0.2) is 224 Å². The van der Waals surface area contributed by atoms with Gasteiger partial charge in [-0.25, -0.2) is 0 Å². The number of para-hydroxylation sites is 1. The molecule has 0 saturated carbocycles. The zero-order valence-corrected chi connectivity index (χ0v) is 35.3. The Kier molecular flexibility index (Phi) is 7.64. The molecule has 13 rings (SSSR count). The van der Waals surface area contributed by atoms with Crippen LogP contribution in [-0.2, 0) is 10.8 Å². The standard InChI is InChI=1S/C62H43N/c1-61(2)53-29-12-8-24-47(53)50-37-35-44(39-58(50)61)63(42-20-4-3-5-21-42)43-22-16-19-41(38-43)46-36-34-40-18-6-7-23-45(40)59(46)52-28-17-33-57-60(52)51-27-11-15-32-56(51)62(57)54-30-13-9-25-48(54)49-26-10-14-31-55(49)62/h3-39H,1-2H3. The fourth-order valence-corrected chi connectivity index (χ4v) is 11.8. The van der Waals surface area contributed by atoms with E-state index in [0.717, 1.165) is 17.1 Å². The van der Waals surface area contributed by atoms with Crippen molar-refractivity contribution in [2.24, 2.45) is 0 Å². The summed E-state index contributed by atoms with van der Waals surface area (Å²) in [4.78, 5) is 2.43. The van der Waals surface area contributed by atoms with E-state index in [9.17, 15) is 0 Å². The molecule has 0 aliphatic heterocycles. The first-order valence-electron chi connectivity index (χ1n) is 22.2. The van der Waals surface area contributed by atoms with Crippen molar-refractivity contribution in [2.75, 3.05) is 4.90 Å². The van der Waals surface area contributed by atoms with Crippen LogP contribution in [0.3, 0.4) is 0 Å².